The minimum absolute atomic E-state index is 0.454. The van der Waals surface area contributed by atoms with Gasteiger partial charge in [0.2, 0.25) is 0 Å². The van der Waals surface area contributed by atoms with Crippen LogP contribution in [0, 0.1) is 0 Å². The van der Waals surface area contributed by atoms with Crippen LogP contribution in [0.1, 0.15) is 48.0 Å². The first-order valence-corrected chi connectivity index (χ1v) is 7.95. The fourth-order valence-corrected chi connectivity index (χ4v) is 1.39. The lowest BCUT2D eigenvalue weighted by Gasteiger charge is -2.17. The van der Waals surface area contributed by atoms with Crippen LogP contribution in [0.3, 0.4) is 0 Å². The van der Waals surface area contributed by atoms with Crippen molar-refractivity contribution in [2.75, 3.05) is 20.7 Å². The third-order valence-electron chi connectivity index (χ3n) is 2.57. The molecule has 0 aliphatic carbocycles. The van der Waals surface area contributed by atoms with Crippen LogP contribution in [-0.4, -0.2) is 31.4 Å². The minimum Gasteiger partial charge on any atom is -0.491 e. The Morgan fingerprint density at radius 3 is 2.23 bits per heavy atom. The summed E-state index contributed by atoms with van der Waals surface area (Å²) in [6.45, 7) is 16.4. The first-order chi connectivity index (χ1) is 10.4. The summed E-state index contributed by atoms with van der Waals surface area (Å²) < 4.78 is 5.70. The summed E-state index contributed by atoms with van der Waals surface area (Å²) >= 11 is 0. The molecule has 0 rings (SSSR count). The molecule has 0 amide bonds. The van der Waals surface area contributed by atoms with E-state index < -0.39 is 0 Å². The van der Waals surface area contributed by atoms with Crippen LogP contribution in [0.2, 0.25) is 0 Å². The fourth-order valence-electron chi connectivity index (χ4n) is 1.39. The number of hydrogen-bond donors (Lipinski definition) is 0. The number of ether oxygens (including phenoxy) is 1. The summed E-state index contributed by atoms with van der Waals surface area (Å²) in [5.41, 5.74) is 1.80. The zero-order valence-electron chi connectivity index (χ0n) is 15.7. The molecule has 3 heteroatoms. The maximum Gasteiger partial charge on any atom is 0.145 e. The third-order valence-corrected chi connectivity index (χ3v) is 2.57. The molecule has 0 saturated carbocycles. The number of rotatable bonds is 7. The molecule has 0 atom stereocenters. The Bertz CT molecular complexity index is 427. The molecule has 0 aromatic heterocycles. The summed E-state index contributed by atoms with van der Waals surface area (Å²) in [7, 11) is 3.93. The van der Waals surface area contributed by atoms with Gasteiger partial charge in [0.25, 0.3) is 0 Å². The molecule has 0 aliphatic heterocycles. The van der Waals surface area contributed by atoms with Gasteiger partial charge in [-0.3, -0.25) is 0 Å². The largest absolute Gasteiger partial charge is 0.491 e. The van der Waals surface area contributed by atoms with E-state index in [0.29, 0.717) is 6.61 Å². The van der Waals surface area contributed by atoms with Crippen molar-refractivity contribution in [2.45, 2.75) is 48.0 Å². The molecule has 0 aliphatic rings. The standard InChI is InChI=1S/C17H28N2O.C2H6/c1-8-10-12-16(14(3)4)18-17(19(6)7)13-20-15(5)11-9-2;1-2/h8,10-12H,3,9,13H2,1-2,4-7H3;1-2H3/b10-8-,15-11+,16-12+,18-17?;. The Labute approximate surface area is 137 Å². The van der Waals surface area contributed by atoms with Gasteiger partial charge < -0.3 is 9.64 Å². The number of likely N-dealkylation sites (N-methyl/N-ethyl adjacent to an activating group) is 1. The molecular formula is C19H34N2O. The number of amidine groups is 1. The maximum atomic E-state index is 5.70. The quantitative estimate of drug-likeness (QED) is 0.274. The number of hydrogen-bond acceptors (Lipinski definition) is 2. The molecule has 3 nitrogen and oxygen atoms in total. The van der Waals surface area contributed by atoms with Crippen LogP contribution in [0.15, 0.2) is 52.9 Å². The second-order valence-corrected chi connectivity index (χ2v) is 4.79. The van der Waals surface area contributed by atoms with E-state index in [1.807, 2.05) is 71.8 Å². The molecule has 0 aromatic carbocycles. The van der Waals surface area contributed by atoms with E-state index in [1.165, 1.54) is 0 Å². The third kappa shape index (κ3) is 11.0. The summed E-state index contributed by atoms with van der Waals surface area (Å²) in [4.78, 5) is 6.61. The van der Waals surface area contributed by atoms with E-state index >= 15 is 0 Å². The Hall–Kier alpha value is -1.77. The smallest absolute Gasteiger partial charge is 0.145 e. The predicted octanol–water partition coefficient (Wildman–Crippen LogP) is 5.34. The molecular weight excluding hydrogens is 272 g/mol. The normalized spacial score (nSPS) is 12.8. The van der Waals surface area contributed by atoms with Gasteiger partial charge in [0.1, 0.15) is 12.4 Å². The van der Waals surface area contributed by atoms with Crippen LogP contribution in [-0.2, 0) is 4.74 Å². The number of nitrogens with zero attached hydrogens (tertiary/aromatic N) is 2. The maximum absolute atomic E-state index is 5.70. The summed E-state index contributed by atoms with van der Waals surface area (Å²) in [6, 6.07) is 0. The number of allylic oxidation sites excluding steroid dienone is 6. The Morgan fingerprint density at radius 2 is 1.82 bits per heavy atom. The molecule has 0 aromatic rings. The van der Waals surface area contributed by atoms with Crippen molar-refractivity contribution in [1.82, 2.24) is 4.90 Å². The van der Waals surface area contributed by atoms with E-state index in [4.69, 9.17) is 4.74 Å². The van der Waals surface area contributed by atoms with Gasteiger partial charge in [-0.1, -0.05) is 39.5 Å². The summed E-state index contributed by atoms with van der Waals surface area (Å²) in [6.07, 6.45) is 8.92. The average Bonchev–Trinajstić information content (AvgIpc) is 2.48. The molecule has 0 radical (unpaired) electrons. The van der Waals surface area contributed by atoms with Gasteiger partial charge in [-0.25, -0.2) is 4.99 Å². The monoisotopic (exact) mass is 306 g/mol. The summed E-state index contributed by atoms with van der Waals surface area (Å²) in [5.74, 6) is 1.80. The first kappa shape index (κ1) is 22.5. The van der Waals surface area contributed by atoms with Crippen LogP contribution in [0.5, 0.6) is 0 Å². The summed E-state index contributed by atoms with van der Waals surface area (Å²) in [5, 5.41) is 0. The van der Waals surface area contributed by atoms with Crippen molar-refractivity contribution in [3.05, 3.63) is 47.9 Å². The van der Waals surface area contributed by atoms with E-state index in [2.05, 4.69) is 24.6 Å². The van der Waals surface area contributed by atoms with Crippen molar-refractivity contribution < 1.29 is 4.74 Å². The second kappa shape index (κ2) is 14.2. The molecule has 0 heterocycles. The second-order valence-electron chi connectivity index (χ2n) is 4.79. The molecule has 0 bridgehead atoms. The lowest BCUT2D eigenvalue weighted by molar-refractivity contribution is 0.250. The molecule has 0 fully saturated rings. The molecule has 0 saturated heterocycles. The Kier molecular flexibility index (Phi) is 14.5. The van der Waals surface area contributed by atoms with Crippen molar-refractivity contribution in [2.24, 2.45) is 4.99 Å². The van der Waals surface area contributed by atoms with Gasteiger partial charge in [0.05, 0.1) is 11.5 Å². The average molecular weight is 306 g/mol. The molecule has 0 unspecified atom stereocenters. The highest BCUT2D eigenvalue weighted by Gasteiger charge is 2.05. The molecule has 0 spiro atoms. The SMILES string of the molecule is C=C(C)/C(=C\C=C/C)N=C(CO/C(C)=C/CC)N(C)C.CC. The Balaban J connectivity index is 0. The topological polar surface area (TPSA) is 24.8 Å². The van der Waals surface area contributed by atoms with Crippen LogP contribution in [0.4, 0.5) is 0 Å². The highest BCUT2D eigenvalue weighted by molar-refractivity contribution is 5.84. The lowest BCUT2D eigenvalue weighted by Crippen LogP contribution is -2.26. The molecule has 0 N–H and O–H groups in total. The first-order valence-electron chi connectivity index (χ1n) is 7.95. The molecule has 22 heavy (non-hydrogen) atoms. The van der Waals surface area contributed by atoms with Gasteiger partial charge in [-0.05, 0) is 44.9 Å². The number of aliphatic imine (C=N–C) groups is 1. The van der Waals surface area contributed by atoms with E-state index in [-0.39, 0.29) is 0 Å². The van der Waals surface area contributed by atoms with Crippen molar-refractivity contribution in [3.63, 3.8) is 0 Å². The highest BCUT2D eigenvalue weighted by Crippen LogP contribution is 2.10. The van der Waals surface area contributed by atoms with Crippen LogP contribution in [0.25, 0.3) is 0 Å². The minimum atomic E-state index is 0.454. The highest BCUT2D eigenvalue weighted by atomic mass is 16.5. The van der Waals surface area contributed by atoms with E-state index in [1.54, 1.807) is 0 Å². The van der Waals surface area contributed by atoms with Gasteiger partial charge in [-0.15, -0.1) is 0 Å². The zero-order valence-corrected chi connectivity index (χ0v) is 15.7. The zero-order chi connectivity index (χ0) is 17.5. The van der Waals surface area contributed by atoms with Gasteiger partial charge in [0.15, 0.2) is 0 Å². The fraction of sp³-hybridized carbons (Fsp3) is 0.526. The van der Waals surface area contributed by atoms with Crippen molar-refractivity contribution in [1.29, 1.82) is 0 Å². The molecule has 126 valence electrons. The Morgan fingerprint density at radius 1 is 1.23 bits per heavy atom. The van der Waals surface area contributed by atoms with Gasteiger partial charge in [-0.2, -0.15) is 0 Å². The van der Waals surface area contributed by atoms with Gasteiger partial charge >= 0.3 is 0 Å². The van der Waals surface area contributed by atoms with Crippen LogP contribution < -0.4 is 0 Å². The van der Waals surface area contributed by atoms with E-state index in [9.17, 15) is 0 Å². The predicted molar refractivity (Wildman–Crippen MR) is 100 cm³/mol. The van der Waals surface area contributed by atoms with Crippen molar-refractivity contribution in [3.8, 4) is 0 Å². The van der Waals surface area contributed by atoms with Crippen molar-refractivity contribution >= 4 is 5.84 Å². The van der Waals surface area contributed by atoms with E-state index in [0.717, 1.165) is 29.3 Å². The van der Waals surface area contributed by atoms with Gasteiger partial charge in [0, 0.05) is 14.1 Å². The lowest BCUT2D eigenvalue weighted by atomic mass is 10.2. The van der Waals surface area contributed by atoms with Crippen LogP contribution >= 0.6 is 0 Å².